The summed E-state index contributed by atoms with van der Waals surface area (Å²) < 4.78 is 2.16. The van der Waals surface area contributed by atoms with Crippen LogP contribution in [0.1, 0.15) is 16.9 Å². The third-order valence-corrected chi connectivity index (χ3v) is 4.18. The molecule has 0 radical (unpaired) electrons. The molecule has 0 bridgehead atoms. The zero-order valence-electron chi connectivity index (χ0n) is 14.1. The van der Waals surface area contributed by atoms with Crippen molar-refractivity contribution in [1.82, 2.24) is 20.2 Å². The van der Waals surface area contributed by atoms with Gasteiger partial charge in [-0.25, -0.2) is 0 Å². The number of nitrogens with zero attached hydrogens (tertiary/aromatic N) is 2. The van der Waals surface area contributed by atoms with Crippen LogP contribution in [0.15, 0.2) is 54.9 Å². The second-order valence-corrected chi connectivity index (χ2v) is 6.25. The summed E-state index contributed by atoms with van der Waals surface area (Å²) in [6.45, 7) is 1.25. The van der Waals surface area contributed by atoms with Crippen molar-refractivity contribution in [3.8, 4) is 0 Å². The molecule has 0 aliphatic heterocycles. The topological polar surface area (TPSA) is 76.0 Å². The summed E-state index contributed by atoms with van der Waals surface area (Å²) in [5.41, 5.74) is 1.37. The average molecular weight is 371 g/mol. The van der Waals surface area contributed by atoms with Crippen molar-refractivity contribution in [1.29, 1.82) is 0 Å². The van der Waals surface area contributed by atoms with Gasteiger partial charge >= 0.3 is 0 Å². The van der Waals surface area contributed by atoms with E-state index in [1.165, 1.54) is 23.2 Å². The number of nitrogens with one attached hydrogen (secondary N) is 2. The van der Waals surface area contributed by atoms with E-state index in [0.717, 1.165) is 13.0 Å². The van der Waals surface area contributed by atoms with Gasteiger partial charge in [-0.05, 0) is 36.1 Å². The zero-order valence-corrected chi connectivity index (χ0v) is 14.9. The Balaban J connectivity index is 1.38. The van der Waals surface area contributed by atoms with E-state index in [0.29, 0.717) is 11.6 Å². The number of halogens is 1. The van der Waals surface area contributed by atoms with Crippen LogP contribution < -0.4 is 10.6 Å². The Morgan fingerprint density at radius 1 is 1.12 bits per heavy atom. The molecule has 2 amide bonds. The molecule has 0 unspecified atom stereocenters. The molecule has 2 heterocycles. The van der Waals surface area contributed by atoms with Crippen LogP contribution in [0.3, 0.4) is 0 Å². The van der Waals surface area contributed by atoms with Gasteiger partial charge in [0.25, 0.3) is 5.91 Å². The van der Waals surface area contributed by atoms with E-state index in [2.05, 4.69) is 38.4 Å². The third-order valence-electron chi connectivity index (χ3n) is 3.94. The van der Waals surface area contributed by atoms with Crippen molar-refractivity contribution in [2.24, 2.45) is 0 Å². The standard InChI is InChI=1S/C19H19ClN4O2/c20-15-6-9-21-16(12-15)19(26)23-13-18(25)22-8-3-10-24-11-7-14-4-1-2-5-17(14)24/h1-2,4-7,9,11-12H,3,8,10,13H2,(H,22,25)(H,23,26). The predicted octanol–water partition coefficient (Wildman–Crippen LogP) is 2.63. The lowest BCUT2D eigenvalue weighted by atomic mass is 10.2. The average Bonchev–Trinajstić information content (AvgIpc) is 3.06. The minimum Gasteiger partial charge on any atom is -0.355 e. The van der Waals surface area contributed by atoms with E-state index in [1.54, 1.807) is 6.07 Å². The molecular weight excluding hydrogens is 352 g/mol. The van der Waals surface area contributed by atoms with Crippen LogP contribution in [0, 0.1) is 0 Å². The Hall–Kier alpha value is -2.86. The Morgan fingerprint density at radius 2 is 1.96 bits per heavy atom. The number of amides is 2. The highest BCUT2D eigenvalue weighted by atomic mass is 35.5. The maximum Gasteiger partial charge on any atom is 0.270 e. The molecule has 2 aromatic heterocycles. The number of benzene rings is 1. The fourth-order valence-corrected chi connectivity index (χ4v) is 2.82. The molecule has 1 aromatic carbocycles. The Bertz CT molecular complexity index is 923. The quantitative estimate of drug-likeness (QED) is 0.628. The highest BCUT2D eigenvalue weighted by Gasteiger charge is 2.09. The van der Waals surface area contributed by atoms with Crippen LogP contribution in [0.4, 0.5) is 0 Å². The molecule has 0 fully saturated rings. The zero-order chi connectivity index (χ0) is 18.4. The summed E-state index contributed by atoms with van der Waals surface area (Å²) >= 11 is 5.81. The molecule has 0 spiro atoms. The molecule has 3 rings (SSSR count). The van der Waals surface area contributed by atoms with E-state index >= 15 is 0 Å². The largest absolute Gasteiger partial charge is 0.355 e. The Labute approximate surface area is 156 Å². The highest BCUT2D eigenvalue weighted by molar-refractivity contribution is 6.30. The van der Waals surface area contributed by atoms with Crippen LogP contribution in [-0.2, 0) is 11.3 Å². The molecule has 0 aliphatic rings. The minimum atomic E-state index is -0.429. The predicted molar refractivity (Wildman–Crippen MR) is 101 cm³/mol. The van der Waals surface area contributed by atoms with Gasteiger partial charge in [-0.2, -0.15) is 0 Å². The van der Waals surface area contributed by atoms with Crippen molar-refractivity contribution >= 4 is 34.3 Å². The van der Waals surface area contributed by atoms with Crippen LogP contribution in [-0.4, -0.2) is 34.5 Å². The highest BCUT2D eigenvalue weighted by Crippen LogP contribution is 2.15. The van der Waals surface area contributed by atoms with Gasteiger partial charge in [-0.15, -0.1) is 0 Å². The summed E-state index contributed by atoms with van der Waals surface area (Å²) in [6, 6.07) is 13.3. The number of hydrogen-bond acceptors (Lipinski definition) is 3. The van der Waals surface area contributed by atoms with E-state index in [-0.39, 0.29) is 18.1 Å². The first-order chi connectivity index (χ1) is 12.6. The summed E-state index contributed by atoms with van der Waals surface area (Å²) in [7, 11) is 0. The number of carbonyl (C=O) groups is 2. The van der Waals surface area contributed by atoms with Gasteiger partial charge in [0.2, 0.25) is 5.91 Å². The number of pyridine rings is 1. The normalized spacial score (nSPS) is 10.7. The summed E-state index contributed by atoms with van der Waals surface area (Å²) in [5, 5.41) is 6.95. The van der Waals surface area contributed by atoms with Gasteiger partial charge in [0.1, 0.15) is 5.69 Å². The van der Waals surface area contributed by atoms with Crippen molar-refractivity contribution in [3.63, 3.8) is 0 Å². The van der Waals surface area contributed by atoms with Gasteiger partial charge in [0, 0.05) is 36.0 Å². The maximum absolute atomic E-state index is 11.9. The van der Waals surface area contributed by atoms with E-state index in [1.807, 2.05) is 18.3 Å². The minimum absolute atomic E-state index is 0.0977. The summed E-state index contributed by atoms with van der Waals surface area (Å²) in [6.07, 6.45) is 4.29. The van der Waals surface area contributed by atoms with Crippen molar-refractivity contribution in [3.05, 3.63) is 65.6 Å². The van der Waals surface area contributed by atoms with Crippen molar-refractivity contribution < 1.29 is 9.59 Å². The smallest absolute Gasteiger partial charge is 0.270 e. The molecular formula is C19H19ClN4O2. The molecule has 3 aromatic rings. The summed E-state index contributed by atoms with van der Waals surface area (Å²) in [5.74, 6) is -0.667. The second kappa shape index (κ2) is 8.49. The van der Waals surface area contributed by atoms with Crippen LogP contribution in [0.2, 0.25) is 5.02 Å². The molecule has 7 heteroatoms. The molecule has 0 saturated heterocycles. The van der Waals surface area contributed by atoms with Gasteiger partial charge in [0.15, 0.2) is 0 Å². The van der Waals surface area contributed by atoms with Gasteiger partial charge in [-0.3, -0.25) is 14.6 Å². The molecule has 26 heavy (non-hydrogen) atoms. The van der Waals surface area contributed by atoms with Crippen LogP contribution in [0.5, 0.6) is 0 Å². The number of carbonyl (C=O) groups excluding carboxylic acids is 2. The first kappa shape index (κ1) is 17.9. The molecule has 0 saturated carbocycles. The Kier molecular flexibility index (Phi) is 5.86. The summed E-state index contributed by atoms with van der Waals surface area (Å²) in [4.78, 5) is 27.7. The maximum atomic E-state index is 11.9. The molecule has 2 N–H and O–H groups in total. The number of aryl methyl sites for hydroxylation is 1. The number of aromatic nitrogens is 2. The number of fused-ring (bicyclic) bond motifs is 1. The van der Waals surface area contributed by atoms with E-state index in [4.69, 9.17) is 11.6 Å². The number of hydrogen-bond donors (Lipinski definition) is 2. The lowest BCUT2D eigenvalue weighted by Crippen LogP contribution is -2.37. The monoisotopic (exact) mass is 370 g/mol. The number of rotatable bonds is 7. The second-order valence-electron chi connectivity index (χ2n) is 5.81. The SMILES string of the molecule is O=C(CNC(=O)c1cc(Cl)ccn1)NCCCn1ccc2ccccc21. The van der Waals surface area contributed by atoms with Crippen molar-refractivity contribution in [2.75, 3.05) is 13.1 Å². The fraction of sp³-hybridized carbons (Fsp3) is 0.211. The van der Waals surface area contributed by atoms with Gasteiger partial charge < -0.3 is 15.2 Å². The van der Waals surface area contributed by atoms with Crippen LogP contribution >= 0.6 is 11.6 Å². The lowest BCUT2D eigenvalue weighted by molar-refractivity contribution is -0.120. The van der Waals surface area contributed by atoms with Gasteiger partial charge in [0.05, 0.1) is 6.54 Å². The first-order valence-electron chi connectivity index (χ1n) is 8.34. The van der Waals surface area contributed by atoms with Crippen molar-refractivity contribution in [2.45, 2.75) is 13.0 Å². The third kappa shape index (κ3) is 4.61. The first-order valence-corrected chi connectivity index (χ1v) is 8.71. The molecule has 0 aliphatic carbocycles. The molecule has 134 valence electrons. The van der Waals surface area contributed by atoms with E-state index in [9.17, 15) is 9.59 Å². The van der Waals surface area contributed by atoms with E-state index < -0.39 is 5.91 Å². The van der Waals surface area contributed by atoms with Crippen LogP contribution in [0.25, 0.3) is 10.9 Å². The fourth-order valence-electron chi connectivity index (χ4n) is 2.66. The molecule has 0 atom stereocenters. The van der Waals surface area contributed by atoms with Gasteiger partial charge in [-0.1, -0.05) is 29.8 Å². The Morgan fingerprint density at radius 3 is 2.81 bits per heavy atom. The lowest BCUT2D eigenvalue weighted by Gasteiger charge is -2.08. The number of para-hydroxylation sites is 1. The molecule has 6 nitrogen and oxygen atoms in total.